The first-order valence-electron chi connectivity index (χ1n) is 6.18. The van der Waals surface area contributed by atoms with Crippen LogP contribution in [0.4, 0.5) is 0 Å². The number of carbonyl (C=O) groups is 1. The van der Waals surface area contributed by atoms with E-state index >= 15 is 0 Å². The van der Waals surface area contributed by atoms with Crippen LogP contribution < -0.4 is 5.73 Å². The molecule has 18 heavy (non-hydrogen) atoms. The molecule has 4 heteroatoms. The van der Waals surface area contributed by atoms with Gasteiger partial charge in [0.1, 0.15) is 0 Å². The number of carboxylic acid groups (broad SMARTS) is 1. The maximum absolute atomic E-state index is 10.8. The van der Waals surface area contributed by atoms with Crippen LogP contribution >= 0.6 is 0 Å². The fraction of sp³-hybridized carbons (Fsp3) is 0.500. The summed E-state index contributed by atoms with van der Waals surface area (Å²) in [5.41, 5.74) is 8.33. The number of nitrogens with two attached hydrogens (primary N) is 1. The van der Waals surface area contributed by atoms with Crippen molar-refractivity contribution in [3.8, 4) is 0 Å². The molecule has 0 amide bonds. The van der Waals surface area contributed by atoms with Crippen LogP contribution in [-0.2, 0) is 11.2 Å². The number of aryl methyl sites for hydroxylation is 1. The Bertz CT molecular complexity index is 387. The summed E-state index contributed by atoms with van der Waals surface area (Å²) in [5, 5.41) is 8.85. The molecule has 2 atom stereocenters. The Morgan fingerprint density at radius 2 is 1.89 bits per heavy atom. The molecule has 0 heterocycles. The van der Waals surface area contributed by atoms with Gasteiger partial charge in [-0.1, -0.05) is 31.2 Å². The molecular formula is C14H22N2O2. The third kappa shape index (κ3) is 3.82. The summed E-state index contributed by atoms with van der Waals surface area (Å²) in [6.07, 6.45) is 0.965. The van der Waals surface area contributed by atoms with Gasteiger partial charge in [0.25, 0.3) is 0 Å². The molecule has 0 saturated heterocycles. The maximum atomic E-state index is 10.8. The highest BCUT2D eigenvalue weighted by molar-refractivity contribution is 5.67. The largest absolute Gasteiger partial charge is 0.481 e. The van der Waals surface area contributed by atoms with Gasteiger partial charge in [-0.3, -0.25) is 4.79 Å². The van der Waals surface area contributed by atoms with E-state index in [4.69, 9.17) is 10.8 Å². The monoisotopic (exact) mass is 250 g/mol. The first-order valence-corrected chi connectivity index (χ1v) is 6.18. The molecule has 0 aliphatic heterocycles. The topological polar surface area (TPSA) is 66.6 Å². The molecule has 3 N–H and O–H groups in total. The van der Waals surface area contributed by atoms with Crippen molar-refractivity contribution in [1.29, 1.82) is 0 Å². The Morgan fingerprint density at radius 1 is 1.33 bits per heavy atom. The summed E-state index contributed by atoms with van der Waals surface area (Å²) in [7, 11) is 3.83. The van der Waals surface area contributed by atoms with Crippen LogP contribution in [-0.4, -0.2) is 36.1 Å². The normalized spacial score (nSPS) is 14.5. The minimum absolute atomic E-state index is 0.0294. The number of benzene rings is 1. The quantitative estimate of drug-likeness (QED) is 0.805. The zero-order valence-corrected chi connectivity index (χ0v) is 11.3. The van der Waals surface area contributed by atoms with Gasteiger partial charge in [-0.15, -0.1) is 0 Å². The molecule has 0 spiro atoms. The summed E-state index contributed by atoms with van der Waals surface area (Å²) in [6.45, 7) is 2.11. The van der Waals surface area contributed by atoms with E-state index in [2.05, 4.69) is 19.1 Å². The minimum atomic E-state index is -0.862. The maximum Gasteiger partial charge on any atom is 0.304 e. The molecule has 0 aliphatic carbocycles. The van der Waals surface area contributed by atoms with Crippen LogP contribution in [0.2, 0.25) is 0 Å². The molecule has 4 nitrogen and oxygen atoms in total. The molecule has 0 fully saturated rings. The van der Waals surface area contributed by atoms with E-state index in [0.717, 1.165) is 12.0 Å². The minimum Gasteiger partial charge on any atom is -0.481 e. The second-order valence-corrected chi connectivity index (χ2v) is 4.77. The average molecular weight is 250 g/mol. The Labute approximate surface area is 108 Å². The number of hydrogen-bond donors (Lipinski definition) is 2. The van der Waals surface area contributed by atoms with Crippen molar-refractivity contribution in [2.75, 3.05) is 14.1 Å². The molecule has 0 aromatic heterocycles. The molecule has 100 valence electrons. The van der Waals surface area contributed by atoms with Crippen molar-refractivity contribution in [3.63, 3.8) is 0 Å². The van der Waals surface area contributed by atoms with Crippen molar-refractivity contribution in [1.82, 2.24) is 4.90 Å². The smallest absolute Gasteiger partial charge is 0.304 e. The lowest BCUT2D eigenvalue weighted by Crippen LogP contribution is -2.38. The highest BCUT2D eigenvalue weighted by atomic mass is 16.4. The third-order valence-corrected chi connectivity index (χ3v) is 3.10. The number of hydrogen-bond acceptors (Lipinski definition) is 3. The standard InChI is InChI=1S/C14H22N2O2/c1-4-10-5-7-11(8-6-10)14(16(2)3)12(15)9-13(17)18/h5-8,12,14H,4,9,15H2,1-3H3,(H,17,18). The number of nitrogens with zero attached hydrogens (tertiary/aromatic N) is 1. The summed E-state index contributed by atoms with van der Waals surface area (Å²) >= 11 is 0. The predicted octanol–water partition coefficient (Wildman–Crippen LogP) is 1.65. The van der Waals surface area contributed by atoms with E-state index in [1.807, 2.05) is 31.1 Å². The van der Waals surface area contributed by atoms with Crippen molar-refractivity contribution in [2.24, 2.45) is 5.73 Å². The Balaban J connectivity index is 2.92. The Kier molecular flexibility index (Phi) is 5.31. The molecule has 0 bridgehead atoms. The van der Waals surface area contributed by atoms with Gasteiger partial charge in [-0.05, 0) is 31.6 Å². The fourth-order valence-electron chi connectivity index (χ4n) is 2.19. The zero-order valence-electron chi connectivity index (χ0n) is 11.3. The number of rotatable bonds is 6. The zero-order chi connectivity index (χ0) is 13.7. The third-order valence-electron chi connectivity index (χ3n) is 3.10. The van der Waals surface area contributed by atoms with Crippen molar-refractivity contribution in [2.45, 2.75) is 31.8 Å². The SMILES string of the molecule is CCc1ccc(C(C(N)CC(=O)O)N(C)C)cc1. The lowest BCUT2D eigenvalue weighted by Gasteiger charge is -2.29. The van der Waals surface area contributed by atoms with E-state index in [1.54, 1.807) is 0 Å². The first kappa shape index (κ1) is 14.7. The van der Waals surface area contributed by atoms with Gasteiger partial charge in [0, 0.05) is 12.1 Å². The molecular weight excluding hydrogens is 228 g/mol. The summed E-state index contributed by atoms with van der Waals surface area (Å²) in [4.78, 5) is 12.7. The van der Waals surface area contributed by atoms with Gasteiger partial charge >= 0.3 is 5.97 Å². The highest BCUT2D eigenvalue weighted by Gasteiger charge is 2.23. The highest BCUT2D eigenvalue weighted by Crippen LogP contribution is 2.23. The molecule has 0 saturated carbocycles. The van der Waals surface area contributed by atoms with Gasteiger partial charge in [0.2, 0.25) is 0 Å². The van der Waals surface area contributed by atoms with Crippen LogP contribution in [0.15, 0.2) is 24.3 Å². The molecule has 0 aliphatic rings. The summed E-state index contributed by atoms with van der Waals surface area (Å²) < 4.78 is 0. The fourth-order valence-corrected chi connectivity index (χ4v) is 2.19. The first-order chi connectivity index (χ1) is 8.45. The molecule has 2 unspecified atom stereocenters. The molecule has 0 radical (unpaired) electrons. The second-order valence-electron chi connectivity index (χ2n) is 4.77. The predicted molar refractivity (Wildman–Crippen MR) is 72.5 cm³/mol. The van der Waals surface area contributed by atoms with E-state index in [9.17, 15) is 4.79 Å². The Morgan fingerprint density at radius 3 is 2.28 bits per heavy atom. The van der Waals surface area contributed by atoms with Gasteiger partial charge in [0.05, 0.1) is 6.42 Å². The molecule has 1 rings (SSSR count). The van der Waals surface area contributed by atoms with Crippen molar-refractivity contribution < 1.29 is 9.90 Å². The van der Waals surface area contributed by atoms with Crippen LogP contribution in [0.1, 0.15) is 30.5 Å². The van der Waals surface area contributed by atoms with E-state index < -0.39 is 12.0 Å². The van der Waals surface area contributed by atoms with Gasteiger partial charge in [0.15, 0.2) is 0 Å². The summed E-state index contributed by atoms with van der Waals surface area (Å²) in [6, 6.07) is 7.71. The van der Waals surface area contributed by atoms with Gasteiger partial charge in [-0.2, -0.15) is 0 Å². The van der Waals surface area contributed by atoms with Gasteiger partial charge < -0.3 is 15.7 Å². The average Bonchev–Trinajstić information content (AvgIpc) is 2.28. The van der Waals surface area contributed by atoms with Crippen molar-refractivity contribution >= 4 is 5.97 Å². The Hall–Kier alpha value is -1.39. The second kappa shape index (κ2) is 6.52. The van der Waals surface area contributed by atoms with Crippen LogP contribution in [0.5, 0.6) is 0 Å². The van der Waals surface area contributed by atoms with Gasteiger partial charge in [-0.25, -0.2) is 0 Å². The van der Waals surface area contributed by atoms with E-state index in [-0.39, 0.29) is 12.5 Å². The lowest BCUT2D eigenvalue weighted by molar-refractivity contribution is -0.137. The lowest BCUT2D eigenvalue weighted by atomic mass is 9.95. The summed E-state index contributed by atoms with van der Waals surface area (Å²) in [5.74, 6) is -0.862. The number of likely N-dealkylation sites (N-methyl/N-ethyl adjacent to an activating group) is 1. The van der Waals surface area contributed by atoms with E-state index in [0.29, 0.717) is 0 Å². The number of carboxylic acids is 1. The van der Waals surface area contributed by atoms with Crippen LogP contribution in [0.3, 0.4) is 0 Å². The molecule has 1 aromatic rings. The van der Waals surface area contributed by atoms with Crippen LogP contribution in [0, 0.1) is 0 Å². The molecule has 1 aromatic carbocycles. The van der Waals surface area contributed by atoms with Crippen LogP contribution in [0.25, 0.3) is 0 Å². The van der Waals surface area contributed by atoms with Crippen molar-refractivity contribution in [3.05, 3.63) is 35.4 Å². The number of aliphatic carboxylic acids is 1. The van der Waals surface area contributed by atoms with E-state index in [1.165, 1.54) is 5.56 Å².